The number of hydrogen-bond acceptors (Lipinski definition) is 5. The van der Waals surface area contributed by atoms with Crippen LogP contribution in [0.15, 0.2) is 58.3 Å². The van der Waals surface area contributed by atoms with E-state index in [0.717, 1.165) is 39.7 Å². The molecule has 26 heavy (non-hydrogen) atoms. The second-order valence-corrected chi connectivity index (χ2v) is 9.41. The summed E-state index contributed by atoms with van der Waals surface area (Å²) in [5.41, 5.74) is 7.08. The molecule has 138 valence electrons. The van der Waals surface area contributed by atoms with E-state index >= 15 is 0 Å². The average molecular weight is 395 g/mol. The van der Waals surface area contributed by atoms with Gasteiger partial charge in [0.05, 0.1) is 9.79 Å². The highest BCUT2D eigenvalue weighted by atomic mass is 32.2. The molecule has 0 bridgehead atoms. The normalized spacial score (nSPS) is 18.3. The van der Waals surface area contributed by atoms with Gasteiger partial charge >= 0.3 is 0 Å². The number of nitrogens with zero attached hydrogens (tertiary/aromatic N) is 1. The van der Waals surface area contributed by atoms with Crippen LogP contribution in [0.2, 0.25) is 0 Å². The first-order valence-electron chi connectivity index (χ1n) is 7.61. The van der Waals surface area contributed by atoms with Crippen LogP contribution in [0.3, 0.4) is 0 Å². The van der Waals surface area contributed by atoms with Gasteiger partial charge in [0, 0.05) is 6.54 Å². The molecule has 0 spiro atoms. The molecule has 0 aromatic heterocycles. The number of carbonyl (C=O) groups is 1. The van der Waals surface area contributed by atoms with Crippen molar-refractivity contribution in [1.82, 2.24) is 4.31 Å². The van der Waals surface area contributed by atoms with Gasteiger partial charge in [-0.1, -0.05) is 24.3 Å². The highest BCUT2D eigenvalue weighted by Gasteiger charge is 2.38. The van der Waals surface area contributed by atoms with Crippen LogP contribution in [0.25, 0.3) is 0 Å². The summed E-state index contributed by atoms with van der Waals surface area (Å²) in [6.45, 7) is 0.00303. The molecule has 1 aliphatic rings. The smallest absolute Gasteiger partial charge is 0.244 e. The van der Waals surface area contributed by atoms with Crippen molar-refractivity contribution >= 4 is 26.0 Å². The number of carbonyl (C=O) groups excluding carboxylic acids is 1. The number of amides is 1. The fourth-order valence-electron chi connectivity index (χ4n) is 2.93. The molecule has 0 radical (unpaired) electrons. The Bertz CT molecular complexity index is 1060. The first-order chi connectivity index (χ1) is 12.1. The fraction of sp³-hybridized carbons (Fsp3) is 0.188. The molecule has 4 N–H and O–H groups in total. The Morgan fingerprint density at radius 2 is 1.46 bits per heavy atom. The predicted octanol–water partition coefficient (Wildman–Crippen LogP) is -0.0651. The standard InChI is InChI=1S/C16H17N3O5S2/c17-16(20)15-9-11-3-1-2-4-12(11)10-19(15)26(23,24)14-7-5-13(6-8-14)25(18,21)22/h1-8,15H,9-10H2,(H2,17,20)(H2,18,21,22)/t15-/m0/s1. The van der Waals surface area contributed by atoms with E-state index in [4.69, 9.17) is 10.9 Å². The maximum atomic E-state index is 13.0. The SMILES string of the molecule is NC(=O)[C@@H]1Cc2ccccc2CN1S(=O)(=O)c1ccc(S(N)(=O)=O)cc1. The zero-order chi connectivity index (χ0) is 19.1. The summed E-state index contributed by atoms with van der Waals surface area (Å²) >= 11 is 0. The number of nitrogens with two attached hydrogens (primary N) is 2. The number of fused-ring (bicyclic) bond motifs is 1. The lowest BCUT2D eigenvalue weighted by Gasteiger charge is -2.34. The van der Waals surface area contributed by atoms with Gasteiger partial charge in [-0.25, -0.2) is 22.0 Å². The van der Waals surface area contributed by atoms with Gasteiger partial charge in [-0.05, 0) is 41.8 Å². The Morgan fingerprint density at radius 3 is 2.00 bits per heavy atom. The first kappa shape index (κ1) is 18.5. The Morgan fingerprint density at radius 1 is 0.923 bits per heavy atom. The van der Waals surface area contributed by atoms with Crippen molar-refractivity contribution in [1.29, 1.82) is 0 Å². The monoisotopic (exact) mass is 395 g/mol. The minimum absolute atomic E-state index is 0.00303. The van der Waals surface area contributed by atoms with Crippen LogP contribution >= 0.6 is 0 Å². The maximum Gasteiger partial charge on any atom is 0.244 e. The molecule has 0 unspecified atom stereocenters. The maximum absolute atomic E-state index is 13.0. The predicted molar refractivity (Wildman–Crippen MR) is 93.7 cm³/mol. The average Bonchev–Trinajstić information content (AvgIpc) is 2.60. The zero-order valence-corrected chi connectivity index (χ0v) is 15.2. The van der Waals surface area contributed by atoms with Gasteiger partial charge in [0.15, 0.2) is 0 Å². The zero-order valence-electron chi connectivity index (χ0n) is 13.6. The van der Waals surface area contributed by atoms with Crippen LogP contribution in [-0.4, -0.2) is 33.1 Å². The molecule has 0 fully saturated rings. The third-order valence-corrected chi connectivity index (χ3v) is 7.09. The molecule has 0 saturated carbocycles. The number of primary amides is 1. The highest BCUT2D eigenvalue weighted by molar-refractivity contribution is 7.89. The van der Waals surface area contributed by atoms with Crippen molar-refractivity contribution in [2.24, 2.45) is 10.9 Å². The third kappa shape index (κ3) is 3.36. The summed E-state index contributed by atoms with van der Waals surface area (Å²) in [5, 5.41) is 5.02. The number of sulfonamides is 2. The molecular weight excluding hydrogens is 378 g/mol. The summed E-state index contributed by atoms with van der Waals surface area (Å²) < 4.78 is 49.7. The van der Waals surface area contributed by atoms with E-state index in [-0.39, 0.29) is 22.8 Å². The van der Waals surface area contributed by atoms with Crippen molar-refractivity contribution in [3.63, 3.8) is 0 Å². The summed E-state index contributed by atoms with van der Waals surface area (Å²) in [4.78, 5) is 11.5. The largest absolute Gasteiger partial charge is 0.368 e. The molecule has 2 aromatic carbocycles. The van der Waals surface area contributed by atoms with Crippen LogP contribution in [0.5, 0.6) is 0 Å². The van der Waals surface area contributed by atoms with Gasteiger partial charge < -0.3 is 5.73 Å². The summed E-state index contributed by atoms with van der Waals surface area (Å²) in [5.74, 6) is -0.746. The highest BCUT2D eigenvalue weighted by Crippen LogP contribution is 2.29. The summed E-state index contributed by atoms with van der Waals surface area (Å²) in [6.07, 6.45) is 0.181. The number of primary sulfonamides is 1. The molecule has 0 saturated heterocycles. The van der Waals surface area contributed by atoms with Crippen molar-refractivity contribution in [2.45, 2.75) is 28.8 Å². The minimum atomic E-state index is -4.06. The summed E-state index contributed by atoms with van der Waals surface area (Å²) in [6, 6.07) is 10.7. The molecule has 10 heteroatoms. The number of benzene rings is 2. The third-order valence-electron chi connectivity index (χ3n) is 4.29. The van der Waals surface area contributed by atoms with E-state index in [0.29, 0.717) is 0 Å². The molecule has 1 heterocycles. The fourth-order valence-corrected chi connectivity index (χ4v) is 5.02. The molecule has 1 amide bonds. The van der Waals surface area contributed by atoms with Crippen LogP contribution in [0.4, 0.5) is 0 Å². The van der Waals surface area contributed by atoms with E-state index in [9.17, 15) is 21.6 Å². The topological polar surface area (TPSA) is 141 Å². The van der Waals surface area contributed by atoms with Crippen LogP contribution in [-0.2, 0) is 37.8 Å². The Kier molecular flexibility index (Phi) is 4.61. The van der Waals surface area contributed by atoms with Gasteiger partial charge in [0.25, 0.3) is 0 Å². The van der Waals surface area contributed by atoms with E-state index in [1.54, 1.807) is 12.1 Å². The Labute approximate surface area is 151 Å². The Balaban J connectivity index is 2.03. The first-order valence-corrected chi connectivity index (χ1v) is 10.6. The molecule has 0 aliphatic carbocycles. The molecule has 1 aliphatic heterocycles. The van der Waals surface area contributed by atoms with Crippen LogP contribution in [0, 0.1) is 0 Å². The van der Waals surface area contributed by atoms with Crippen molar-refractivity contribution < 1.29 is 21.6 Å². The molecule has 1 atom stereocenters. The van der Waals surface area contributed by atoms with E-state index in [2.05, 4.69) is 0 Å². The van der Waals surface area contributed by atoms with Gasteiger partial charge in [0.2, 0.25) is 26.0 Å². The van der Waals surface area contributed by atoms with Gasteiger partial charge in [-0.2, -0.15) is 4.31 Å². The molecular formula is C16H17N3O5S2. The van der Waals surface area contributed by atoms with E-state index < -0.39 is 32.0 Å². The second kappa shape index (κ2) is 6.47. The molecule has 3 rings (SSSR count). The molecule has 2 aromatic rings. The van der Waals surface area contributed by atoms with E-state index in [1.807, 2.05) is 12.1 Å². The summed E-state index contributed by atoms with van der Waals surface area (Å²) in [7, 11) is -8.00. The quantitative estimate of drug-likeness (QED) is 0.746. The van der Waals surface area contributed by atoms with Gasteiger partial charge in [0.1, 0.15) is 6.04 Å². The van der Waals surface area contributed by atoms with E-state index in [1.165, 1.54) is 0 Å². The number of hydrogen-bond donors (Lipinski definition) is 2. The Hall–Kier alpha value is -2.27. The number of rotatable bonds is 4. The van der Waals surface area contributed by atoms with Crippen molar-refractivity contribution in [3.05, 3.63) is 59.7 Å². The van der Waals surface area contributed by atoms with Gasteiger partial charge in [-0.15, -0.1) is 0 Å². The van der Waals surface area contributed by atoms with Crippen LogP contribution < -0.4 is 10.9 Å². The van der Waals surface area contributed by atoms with Crippen molar-refractivity contribution in [2.75, 3.05) is 0 Å². The lowest BCUT2D eigenvalue weighted by Crippen LogP contribution is -2.51. The van der Waals surface area contributed by atoms with Gasteiger partial charge in [-0.3, -0.25) is 4.79 Å². The van der Waals surface area contributed by atoms with Crippen LogP contribution in [0.1, 0.15) is 11.1 Å². The lowest BCUT2D eigenvalue weighted by atomic mass is 9.96. The minimum Gasteiger partial charge on any atom is -0.368 e. The lowest BCUT2D eigenvalue weighted by molar-refractivity contribution is -0.122. The van der Waals surface area contributed by atoms with Crippen molar-refractivity contribution in [3.8, 4) is 0 Å². The molecule has 8 nitrogen and oxygen atoms in total. The second-order valence-electron chi connectivity index (χ2n) is 5.96.